The molecule has 1 saturated heterocycles. The lowest BCUT2D eigenvalue weighted by atomic mass is 10.1. The molecule has 0 spiro atoms. The number of nitrogens with zero attached hydrogens (tertiary/aromatic N) is 1. The summed E-state index contributed by atoms with van der Waals surface area (Å²) < 4.78 is 1.16. The van der Waals surface area contributed by atoms with Gasteiger partial charge in [0.15, 0.2) is 0 Å². The first kappa shape index (κ1) is 9.65. The lowest BCUT2D eigenvalue weighted by Gasteiger charge is -2.32. The zero-order valence-corrected chi connectivity index (χ0v) is 9.77. The quantitative estimate of drug-likeness (QED) is 0.904. The summed E-state index contributed by atoms with van der Waals surface area (Å²) in [5, 5.41) is 2.08. The zero-order valence-electron chi connectivity index (χ0n) is 7.37. The molecule has 1 unspecified atom stereocenters. The minimum atomic E-state index is 0.176. The fraction of sp³-hybridized carbons (Fsp3) is 0.556. The second-order valence-electron chi connectivity index (χ2n) is 3.39. The summed E-state index contributed by atoms with van der Waals surface area (Å²) in [5.41, 5.74) is 6.09. The van der Waals surface area contributed by atoms with Crippen molar-refractivity contribution in [3.05, 3.63) is 20.8 Å². The zero-order chi connectivity index (χ0) is 9.26. The highest BCUT2D eigenvalue weighted by atomic mass is 79.9. The third kappa shape index (κ3) is 2.13. The summed E-state index contributed by atoms with van der Waals surface area (Å²) in [6, 6.07) is 2.24. The predicted octanol–water partition coefficient (Wildman–Crippen LogP) is 2.22. The minimum absolute atomic E-state index is 0.176. The molecule has 2 heterocycles. The van der Waals surface area contributed by atoms with Crippen LogP contribution in [0.15, 0.2) is 15.9 Å². The monoisotopic (exact) mass is 260 g/mol. The second kappa shape index (κ2) is 4.09. The van der Waals surface area contributed by atoms with Crippen LogP contribution in [0.3, 0.4) is 0 Å². The van der Waals surface area contributed by atoms with Crippen LogP contribution in [-0.4, -0.2) is 24.5 Å². The predicted molar refractivity (Wildman–Crippen MR) is 60.0 cm³/mol. The standard InChI is InChI=1S/C9H13BrN2S/c10-7-2-5-13-9(7)8(11)6-12-3-1-4-12/h2,5,8H,1,3-4,6,11H2. The van der Waals surface area contributed by atoms with E-state index < -0.39 is 0 Å². The highest BCUT2D eigenvalue weighted by Crippen LogP contribution is 2.28. The van der Waals surface area contributed by atoms with Gasteiger partial charge in [-0.2, -0.15) is 0 Å². The fourth-order valence-electron chi connectivity index (χ4n) is 1.50. The number of halogens is 1. The van der Waals surface area contributed by atoms with Crippen LogP contribution in [0.2, 0.25) is 0 Å². The van der Waals surface area contributed by atoms with Crippen LogP contribution >= 0.6 is 27.3 Å². The van der Waals surface area contributed by atoms with Gasteiger partial charge in [0.05, 0.1) is 6.04 Å². The Balaban J connectivity index is 1.96. The van der Waals surface area contributed by atoms with Crippen molar-refractivity contribution in [2.75, 3.05) is 19.6 Å². The van der Waals surface area contributed by atoms with Gasteiger partial charge in [0.1, 0.15) is 0 Å². The maximum atomic E-state index is 6.09. The summed E-state index contributed by atoms with van der Waals surface area (Å²) in [5.74, 6) is 0. The molecule has 1 atom stereocenters. The summed E-state index contributed by atoms with van der Waals surface area (Å²) in [4.78, 5) is 3.67. The number of likely N-dealkylation sites (tertiary alicyclic amines) is 1. The molecular weight excluding hydrogens is 248 g/mol. The molecule has 0 amide bonds. The van der Waals surface area contributed by atoms with Gasteiger partial charge in [-0.15, -0.1) is 11.3 Å². The molecule has 0 aliphatic carbocycles. The molecular formula is C9H13BrN2S. The molecule has 0 saturated carbocycles. The molecule has 0 bridgehead atoms. The van der Waals surface area contributed by atoms with E-state index in [4.69, 9.17) is 5.73 Å². The number of rotatable bonds is 3. The maximum Gasteiger partial charge on any atom is 0.0530 e. The Morgan fingerprint density at radius 2 is 2.38 bits per heavy atom. The molecule has 72 valence electrons. The van der Waals surface area contributed by atoms with Crippen LogP contribution in [0.5, 0.6) is 0 Å². The van der Waals surface area contributed by atoms with Gasteiger partial charge in [0, 0.05) is 15.9 Å². The van der Waals surface area contributed by atoms with Crippen LogP contribution in [0.25, 0.3) is 0 Å². The van der Waals surface area contributed by atoms with E-state index in [0.717, 1.165) is 11.0 Å². The summed E-state index contributed by atoms with van der Waals surface area (Å²) >= 11 is 5.24. The van der Waals surface area contributed by atoms with Gasteiger partial charge >= 0.3 is 0 Å². The van der Waals surface area contributed by atoms with E-state index in [0.29, 0.717) is 0 Å². The van der Waals surface area contributed by atoms with Crippen LogP contribution in [0, 0.1) is 0 Å². The summed E-state index contributed by atoms with van der Waals surface area (Å²) in [6.07, 6.45) is 1.33. The largest absolute Gasteiger partial charge is 0.322 e. The minimum Gasteiger partial charge on any atom is -0.322 e. The molecule has 2 nitrogen and oxygen atoms in total. The van der Waals surface area contributed by atoms with E-state index in [1.54, 1.807) is 11.3 Å². The van der Waals surface area contributed by atoms with Crippen molar-refractivity contribution in [1.29, 1.82) is 0 Å². The van der Waals surface area contributed by atoms with Gasteiger partial charge in [0.2, 0.25) is 0 Å². The average molecular weight is 261 g/mol. The Morgan fingerprint density at radius 3 is 2.85 bits per heavy atom. The third-order valence-electron chi connectivity index (χ3n) is 2.39. The topological polar surface area (TPSA) is 29.3 Å². The number of nitrogens with two attached hydrogens (primary N) is 1. The smallest absolute Gasteiger partial charge is 0.0530 e. The molecule has 2 rings (SSSR count). The van der Waals surface area contributed by atoms with Gasteiger partial charge in [0.25, 0.3) is 0 Å². The van der Waals surface area contributed by atoms with Crippen molar-refractivity contribution in [1.82, 2.24) is 4.90 Å². The van der Waals surface area contributed by atoms with Gasteiger partial charge in [-0.1, -0.05) is 0 Å². The van der Waals surface area contributed by atoms with Crippen LogP contribution in [-0.2, 0) is 0 Å². The SMILES string of the molecule is NC(CN1CCC1)c1sccc1Br. The van der Waals surface area contributed by atoms with Gasteiger partial charge in [-0.05, 0) is 46.9 Å². The Kier molecular flexibility index (Phi) is 3.03. The van der Waals surface area contributed by atoms with Gasteiger partial charge in [-0.25, -0.2) is 0 Å². The molecule has 0 aromatic carbocycles. The Morgan fingerprint density at radius 1 is 1.62 bits per heavy atom. The van der Waals surface area contributed by atoms with Crippen molar-refractivity contribution < 1.29 is 0 Å². The molecule has 1 aromatic rings. The first-order chi connectivity index (χ1) is 6.27. The molecule has 4 heteroatoms. The van der Waals surface area contributed by atoms with Crippen LogP contribution in [0.1, 0.15) is 17.3 Å². The second-order valence-corrected chi connectivity index (χ2v) is 5.20. The van der Waals surface area contributed by atoms with Crippen molar-refractivity contribution in [3.8, 4) is 0 Å². The summed E-state index contributed by atoms with van der Waals surface area (Å²) in [7, 11) is 0. The van der Waals surface area contributed by atoms with E-state index in [1.165, 1.54) is 24.4 Å². The number of hydrogen-bond acceptors (Lipinski definition) is 3. The van der Waals surface area contributed by atoms with E-state index in [9.17, 15) is 0 Å². The maximum absolute atomic E-state index is 6.09. The van der Waals surface area contributed by atoms with Crippen molar-refractivity contribution in [2.45, 2.75) is 12.5 Å². The first-order valence-corrected chi connectivity index (χ1v) is 6.15. The highest BCUT2D eigenvalue weighted by molar-refractivity contribution is 9.10. The van der Waals surface area contributed by atoms with Gasteiger partial charge in [-0.3, -0.25) is 0 Å². The normalized spacial score (nSPS) is 19.8. The molecule has 1 aromatic heterocycles. The molecule has 2 N–H and O–H groups in total. The van der Waals surface area contributed by atoms with Crippen molar-refractivity contribution in [3.63, 3.8) is 0 Å². The van der Waals surface area contributed by atoms with Gasteiger partial charge < -0.3 is 10.6 Å². The van der Waals surface area contributed by atoms with Crippen LogP contribution in [0.4, 0.5) is 0 Å². The fourth-order valence-corrected chi connectivity index (χ4v) is 3.16. The lowest BCUT2D eigenvalue weighted by molar-refractivity contribution is 0.171. The molecule has 1 aliphatic heterocycles. The molecule has 1 aliphatic rings. The van der Waals surface area contributed by atoms with E-state index >= 15 is 0 Å². The number of thiophene rings is 1. The number of hydrogen-bond donors (Lipinski definition) is 1. The molecule has 0 radical (unpaired) electrons. The first-order valence-electron chi connectivity index (χ1n) is 4.48. The summed E-state index contributed by atoms with van der Waals surface area (Å²) in [6.45, 7) is 3.44. The van der Waals surface area contributed by atoms with E-state index in [2.05, 4.69) is 32.3 Å². The van der Waals surface area contributed by atoms with E-state index in [-0.39, 0.29) is 6.04 Å². The Labute approximate surface area is 90.9 Å². The van der Waals surface area contributed by atoms with E-state index in [1.807, 2.05) is 0 Å². The molecule has 1 fully saturated rings. The Bertz CT molecular complexity index is 283. The van der Waals surface area contributed by atoms with Crippen molar-refractivity contribution in [2.24, 2.45) is 5.73 Å². The average Bonchev–Trinajstić information content (AvgIpc) is 2.43. The Hall–Kier alpha value is 0.100. The van der Waals surface area contributed by atoms with Crippen molar-refractivity contribution >= 4 is 27.3 Å². The lowest BCUT2D eigenvalue weighted by Crippen LogP contribution is -2.41. The highest BCUT2D eigenvalue weighted by Gasteiger charge is 2.19. The van der Waals surface area contributed by atoms with Crippen LogP contribution < -0.4 is 5.73 Å². The third-order valence-corrected chi connectivity index (χ3v) is 4.39. The molecule has 13 heavy (non-hydrogen) atoms.